The average Bonchev–Trinajstić information content (AvgIpc) is 3.43. The molecule has 0 saturated carbocycles. The lowest BCUT2D eigenvalue weighted by molar-refractivity contribution is -0.385. The van der Waals surface area contributed by atoms with Gasteiger partial charge in [0.2, 0.25) is 0 Å². The number of morpholine rings is 1. The third-order valence-corrected chi connectivity index (χ3v) is 10.5. The first-order valence-corrected chi connectivity index (χ1v) is 16.5. The average molecular weight is 709 g/mol. The molecular formula is C30H29N8O11P. The van der Waals surface area contributed by atoms with E-state index in [0.717, 1.165) is 24.3 Å². The van der Waals surface area contributed by atoms with Gasteiger partial charge in [0, 0.05) is 60.7 Å². The van der Waals surface area contributed by atoms with Gasteiger partial charge in [0.25, 0.3) is 30.4 Å². The zero-order valence-corrected chi connectivity index (χ0v) is 27.2. The number of anilines is 2. The highest BCUT2D eigenvalue weighted by atomic mass is 31.2. The molecule has 1 amide bonds. The normalized spacial score (nSPS) is 14.3. The van der Waals surface area contributed by atoms with Gasteiger partial charge in [-0.25, -0.2) is 14.1 Å². The number of nitro benzene ring substituents is 3. The number of ether oxygens (including phenoxy) is 2. The number of carbonyl (C=O) groups excluding carboxylic acids is 2. The molecule has 4 aromatic rings. The molecule has 20 heteroatoms. The SMILES string of the molecule is Cc1nn(CCOC(=O)c2ccc([N+](=O)[O-])cc2)c(NC(=O)c2ccc([N+](=O)[O-])cc2)c1P(=O)(Nc1ccc([N+](=O)[O-])cc1)N1CCOCC1. The number of benzene rings is 3. The summed E-state index contributed by atoms with van der Waals surface area (Å²) in [6.07, 6.45) is 0. The zero-order chi connectivity index (χ0) is 36.0. The van der Waals surface area contributed by atoms with Crippen LogP contribution in [0.5, 0.6) is 0 Å². The third-order valence-electron chi connectivity index (χ3n) is 7.57. The highest BCUT2D eigenvalue weighted by molar-refractivity contribution is 7.71. The Labute approximate surface area is 282 Å². The minimum atomic E-state index is -3.96. The first kappa shape index (κ1) is 35.3. The Kier molecular flexibility index (Phi) is 10.6. The number of rotatable bonds is 13. The van der Waals surface area contributed by atoms with Crippen molar-refractivity contribution in [2.24, 2.45) is 0 Å². The van der Waals surface area contributed by atoms with Gasteiger partial charge in [0.15, 0.2) is 0 Å². The van der Waals surface area contributed by atoms with Gasteiger partial charge in [-0.2, -0.15) is 5.10 Å². The van der Waals surface area contributed by atoms with Crippen LogP contribution in [0.1, 0.15) is 26.4 Å². The number of non-ortho nitro benzene ring substituents is 3. The number of hydrogen-bond acceptors (Lipinski definition) is 12. The number of aryl methyl sites for hydroxylation is 1. The largest absolute Gasteiger partial charge is 0.460 e. The summed E-state index contributed by atoms with van der Waals surface area (Å²) in [5.41, 5.74) is -0.00861. The summed E-state index contributed by atoms with van der Waals surface area (Å²) in [6.45, 7) is 2.05. The lowest BCUT2D eigenvalue weighted by atomic mass is 10.2. The Balaban J connectivity index is 1.51. The van der Waals surface area contributed by atoms with Gasteiger partial charge in [-0.15, -0.1) is 0 Å². The van der Waals surface area contributed by atoms with Crippen molar-refractivity contribution < 1.29 is 38.4 Å². The molecule has 0 bridgehead atoms. The van der Waals surface area contributed by atoms with Crippen molar-refractivity contribution in [2.45, 2.75) is 13.5 Å². The van der Waals surface area contributed by atoms with E-state index in [2.05, 4.69) is 15.5 Å². The van der Waals surface area contributed by atoms with E-state index in [1.807, 2.05) is 0 Å². The molecule has 1 fully saturated rings. The fourth-order valence-electron chi connectivity index (χ4n) is 5.10. The molecule has 0 spiro atoms. The maximum atomic E-state index is 15.3. The van der Waals surface area contributed by atoms with Crippen LogP contribution in [0.4, 0.5) is 28.6 Å². The summed E-state index contributed by atoms with van der Waals surface area (Å²) in [5, 5.41) is 43.7. The predicted octanol–water partition coefficient (Wildman–Crippen LogP) is 4.29. The van der Waals surface area contributed by atoms with Crippen molar-refractivity contribution in [3.63, 3.8) is 0 Å². The van der Waals surface area contributed by atoms with Gasteiger partial charge in [-0.1, -0.05) is 0 Å². The highest BCUT2D eigenvalue weighted by Gasteiger charge is 2.40. The summed E-state index contributed by atoms with van der Waals surface area (Å²) < 4.78 is 29.1. The van der Waals surface area contributed by atoms with Crippen LogP contribution in [0.15, 0.2) is 72.8 Å². The second-order valence-corrected chi connectivity index (χ2v) is 13.2. The Morgan fingerprint density at radius 3 is 1.86 bits per heavy atom. The number of amides is 1. The first-order chi connectivity index (χ1) is 23.9. The smallest absolute Gasteiger partial charge is 0.338 e. The van der Waals surface area contributed by atoms with Crippen LogP contribution >= 0.6 is 7.44 Å². The minimum Gasteiger partial charge on any atom is -0.460 e. The van der Waals surface area contributed by atoms with Crippen molar-refractivity contribution in [1.29, 1.82) is 0 Å². The number of hydrogen-bond donors (Lipinski definition) is 2. The first-order valence-electron chi connectivity index (χ1n) is 14.9. The topological polar surface area (TPSA) is 244 Å². The second kappa shape index (κ2) is 15.0. The van der Waals surface area contributed by atoms with Gasteiger partial charge in [0.1, 0.15) is 17.7 Å². The van der Waals surface area contributed by atoms with E-state index in [1.54, 1.807) is 11.6 Å². The number of nitrogens with zero attached hydrogens (tertiary/aromatic N) is 6. The molecule has 1 atom stereocenters. The monoisotopic (exact) mass is 708 g/mol. The summed E-state index contributed by atoms with van der Waals surface area (Å²) in [6, 6.07) is 14.9. The molecule has 1 aliphatic heterocycles. The van der Waals surface area contributed by atoms with E-state index in [1.165, 1.54) is 53.2 Å². The van der Waals surface area contributed by atoms with E-state index in [0.29, 0.717) is 0 Å². The lowest BCUT2D eigenvalue weighted by Crippen LogP contribution is -2.40. The number of nitro groups is 3. The second-order valence-electron chi connectivity index (χ2n) is 10.8. The van der Waals surface area contributed by atoms with Gasteiger partial charge >= 0.3 is 5.97 Å². The van der Waals surface area contributed by atoms with Crippen LogP contribution < -0.4 is 15.7 Å². The fraction of sp³-hybridized carbons (Fsp3) is 0.233. The summed E-state index contributed by atoms with van der Waals surface area (Å²) in [5.74, 6) is -1.52. The lowest BCUT2D eigenvalue weighted by Gasteiger charge is -2.35. The Morgan fingerprint density at radius 1 is 0.840 bits per heavy atom. The standard InChI is InChI=1S/C30H29N8O11P/c1-20-27(50(47,34-14-17-48-18-15-34)33-23-6-12-26(13-7-23)38(45)46)28(31-29(39)21-2-8-24(9-3-21)36(41)42)35(32-20)16-19-49-30(40)22-4-10-25(11-5-22)37(43)44/h2-13H,14-19H2,1H3,(H,31,39)(H,33,47). The summed E-state index contributed by atoms with van der Waals surface area (Å²) in [4.78, 5) is 57.8. The van der Waals surface area contributed by atoms with Gasteiger partial charge in [-0.05, 0) is 43.3 Å². The van der Waals surface area contributed by atoms with E-state index < -0.39 is 34.1 Å². The molecule has 50 heavy (non-hydrogen) atoms. The molecule has 5 rings (SSSR count). The maximum Gasteiger partial charge on any atom is 0.338 e. The quantitative estimate of drug-likeness (QED) is 0.0852. The maximum absolute atomic E-state index is 15.3. The number of aromatic nitrogens is 2. The Morgan fingerprint density at radius 2 is 1.34 bits per heavy atom. The van der Waals surface area contributed by atoms with Crippen molar-refractivity contribution in [3.05, 3.63) is 120 Å². The van der Waals surface area contributed by atoms with Crippen LogP contribution in [0, 0.1) is 37.3 Å². The van der Waals surface area contributed by atoms with E-state index >= 15 is 4.57 Å². The molecule has 1 aromatic heterocycles. The van der Waals surface area contributed by atoms with E-state index in [9.17, 15) is 39.9 Å². The Bertz CT molecular complexity index is 1980. The molecule has 19 nitrogen and oxygen atoms in total. The fourth-order valence-corrected chi connectivity index (χ4v) is 7.80. The van der Waals surface area contributed by atoms with Gasteiger partial charge in [-0.3, -0.25) is 39.7 Å². The molecule has 1 aliphatic rings. The third kappa shape index (κ3) is 7.81. The zero-order valence-electron chi connectivity index (χ0n) is 26.3. The van der Waals surface area contributed by atoms with Gasteiger partial charge in [0.05, 0.1) is 45.8 Å². The molecule has 0 aliphatic carbocycles. The van der Waals surface area contributed by atoms with Crippen molar-refractivity contribution in [3.8, 4) is 0 Å². The van der Waals surface area contributed by atoms with Crippen molar-refractivity contribution in [2.75, 3.05) is 43.3 Å². The van der Waals surface area contributed by atoms with Crippen LogP contribution in [-0.2, 0) is 20.6 Å². The van der Waals surface area contributed by atoms with E-state index in [4.69, 9.17) is 9.47 Å². The van der Waals surface area contributed by atoms with Crippen molar-refractivity contribution >= 4 is 53.2 Å². The molecule has 2 N–H and O–H groups in total. The van der Waals surface area contributed by atoms with Crippen molar-refractivity contribution in [1.82, 2.24) is 14.5 Å². The number of carbonyl (C=O) groups is 2. The van der Waals surface area contributed by atoms with Crippen LogP contribution in [0.3, 0.4) is 0 Å². The molecule has 0 radical (unpaired) electrons. The van der Waals surface area contributed by atoms with Crippen LogP contribution in [-0.4, -0.2) is 74.0 Å². The molecule has 2 heterocycles. The van der Waals surface area contributed by atoms with Crippen LogP contribution in [0.25, 0.3) is 0 Å². The van der Waals surface area contributed by atoms with E-state index in [-0.39, 0.29) is 90.1 Å². The van der Waals surface area contributed by atoms with Crippen LogP contribution in [0.2, 0.25) is 0 Å². The highest BCUT2D eigenvalue weighted by Crippen LogP contribution is 2.51. The molecule has 1 saturated heterocycles. The summed E-state index contributed by atoms with van der Waals surface area (Å²) >= 11 is 0. The Hall–Kier alpha value is -6.04. The molecule has 1 unspecified atom stereocenters. The molecular weight excluding hydrogens is 679 g/mol. The predicted molar refractivity (Wildman–Crippen MR) is 178 cm³/mol. The number of esters is 1. The molecule has 3 aromatic carbocycles. The minimum absolute atomic E-state index is 0.0264. The van der Waals surface area contributed by atoms with Gasteiger partial charge < -0.3 is 19.9 Å². The summed E-state index contributed by atoms with van der Waals surface area (Å²) in [7, 11) is -3.96. The molecule has 260 valence electrons. The number of nitrogens with one attached hydrogen (secondary N) is 2.